The molecule has 1 amide bonds. The zero-order valence-corrected chi connectivity index (χ0v) is 16.5. The predicted octanol–water partition coefficient (Wildman–Crippen LogP) is 2.41. The SMILES string of the molecule is CCOC1CCCN(C(=O)C=Cc2ccc(S(=O)(=O)NC(C)C)cc2)C1. The highest BCUT2D eigenvalue weighted by atomic mass is 32.2. The van der Waals surface area contributed by atoms with Gasteiger partial charge >= 0.3 is 0 Å². The molecular formula is C19H28N2O4S. The van der Waals surface area contributed by atoms with Crippen LogP contribution in [0.15, 0.2) is 35.2 Å². The van der Waals surface area contributed by atoms with Crippen molar-refractivity contribution in [2.24, 2.45) is 0 Å². The minimum absolute atomic E-state index is 0.0485. The maximum atomic E-state index is 12.3. The number of carbonyl (C=O) groups excluding carboxylic acids is 1. The molecule has 7 heteroatoms. The number of carbonyl (C=O) groups is 1. The molecule has 0 radical (unpaired) electrons. The zero-order valence-electron chi connectivity index (χ0n) is 15.6. The van der Waals surface area contributed by atoms with Crippen molar-refractivity contribution in [3.05, 3.63) is 35.9 Å². The lowest BCUT2D eigenvalue weighted by Gasteiger charge is -2.31. The molecule has 1 aromatic carbocycles. The summed E-state index contributed by atoms with van der Waals surface area (Å²) in [6.07, 6.45) is 5.29. The van der Waals surface area contributed by atoms with E-state index in [1.807, 2.05) is 6.92 Å². The number of sulfonamides is 1. The third-order valence-electron chi connectivity index (χ3n) is 4.09. The molecule has 1 fully saturated rings. The van der Waals surface area contributed by atoms with Gasteiger partial charge in [0.2, 0.25) is 15.9 Å². The molecule has 1 aliphatic heterocycles. The molecule has 1 saturated heterocycles. The second-order valence-electron chi connectivity index (χ2n) is 6.68. The molecule has 1 N–H and O–H groups in total. The van der Waals surface area contributed by atoms with E-state index in [9.17, 15) is 13.2 Å². The summed E-state index contributed by atoms with van der Waals surface area (Å²) in [4.78, 5) is 14.4. The highest BCUT2D eigenvalue weighted by Crippen LogP contribution is 2.15. The van der Waals surface area contributed by atoms with E-state index in [1.165, 1.54) is 6.08 Å². The summed E-state index contributed by atoms with van der Waals surface area (Å²) in [6.45, 7) is 7.53. The van der Waals surface area contributed by atoms with Gasteiger partial charge in [-0.2, -0.15) is 0 Å². The van der Waals surface area contributed by atoms with Crippen molar-refractivity contribution in [1.29, 1.82) is 0 Å². The van der Waals surface area contributed by atoms with E-state index in [2.05, 4.69) is 4.72 Å². The van der Waals surface area contributed by atoms with Crippen LogP contribution in [-0.4, -0.2) is 51.1 Å². The van der Waals surface area contributed by atoms with Gasteiger partial charge in [0.1, 0.15) is 0 Å². The smallest absolute Gasteiger partial charge is 0.246 e. The van der Waals surface area contributed by atoms with E-state index in [4.69, 9.17) is 4.74 Å². The van der Waals surface area contributed by atoms with Crippen LogP contribution in [-0.2, 0) is 19.6 Å². The van der Waals surface area contributed by atoms with Crippen molar-refractivity contribution in [3.63, 3.8) is 0 Å². The fraction of sp³-hybridized carbons (Fsp3) is 0.526. The highest BCUT2D eigenvalue weighted by Gasteiger charge is 2.22. The molecular weight excluding hydrogens is 352 g/mol. The Morgan fingerprint density at radius 1 is 1.35 bits per heavy atom. The molecule has 1 atom stereocenters. The van der Waals surface area contributed by atoms with Crippen LogP contribution in [0.2, 0.25) is 0 Å². The molecule has 26 heavy (non-hydrogen) atoms. The van der Waals surface area contributed by atoms with E-state index in [-0.39, 0.29) is 22.9 Å². The Balaban J connectivity index is 1.98. The molecule has 1 unspecified atom stereocenters. The van der Waals surface area contributed by atoms with Gasteiger partial charge in [0.15, 0.2) is 0 Å². The summed E-state index contributed by atoms with van der Waals surface area (Å²) in [6, 6.07) is 6.31. The monoisotopic (exact) mass is 380 g/mol. The summed E-state index contributed by atoms with van der Waals surface area (Å²) < 4.78 is 32.4. The Bertz CT molecular complexity index is 724. The lowest BCUT2D eigenvalue weighted by molar-refractivity contribution is -0.129. The number of benzene rings is 1. The number of hydrogen-bond acceptors (Lipinski definition) is 4. The number of nitrogens with one attached hydrogen (secondary N) is 1. The van der Waals surface area contributed by atoms with Crippen LogP contribution < -0.4 is 4.72 Å². The Kier molecular flexibility index (Phi) is 7.37. The number of ether oxygens (including phenoxy) is 1. The Labute approximate surface area is 156 Å². The van der Waals surface area contributed by atoms with Crippen LogP contribution in [0.4, 0.5) is 0 Å². The van der Waals surface area contributed by atoms with Crippen LogP contribution in [0.5, 0.6) is 0 Å². The largest absolute Gasteiger partial charge is 0.377 e. The lowest BCUT2D eigenvalue weighted by Crippen LogP contribution is -2.42. The number of hydrogen-bond donors (Lipinski definition) is 1. The van der Waals surface area contributed by atoms with Gasteiger partial charge in [-0.1, -0.05) is 12.1 Å². The molecule has 144 valence electrons. The first-order valence-corrected chi connectivity index (χ1v) is 10.5. The van der Waals surface area contributed by atoms with Crippen LogP contribution in [0, 0.1) is 0 Å². The van der Waals surface area contributed by atoms with Crippen molar-refractivity contribution in [2.45, 2.75) is 50.7 Å². The topological polar surface area (TPSA) is 75.7 Å². The number of rotatable bonds is 7. The third-order valence-corrected chi connectivity index (χ3v) is 5.77. The van der Waals surface area contributed by atoms with E-state index in [0.717, 1.165) is 24.9 Å². The van der Waals surface area contributed by atoms with Gasteiger partial charge in [-0.25, -0.2) is 13.1 Å². The minimum Gasteiger partial charge on any atom is -0.377 e. The summed E-state index contributed by atoms with van der Waals surface area (Å²) >= 11 is 0. The molecule has 6 nitrogen and oxygen atoms in total. The zero-order chi connectivity index (χ0) is 19.2. The first-order chi connectivity index (χ1) is 12.3. The van der Waals surface area contributed by atoms with Crippen LogP contribution in [0.3, 0.4) is 0 Å². The molecule has 0 saturated carbocycles. The molecule has 0 aromatic heterocycles. The second-order valence-corrected chi connectivity index (χ2v) is 8.40. The standard InChI is InChI=1S/C19H28N2O4S/c1-4-25-17-6-5-13-21(14-17)19(22)12-9-16-7-10-18(11-8-16)26(23,24)20-15(2)3/h7-12,15,17,20H,4-6,13-14H2,1-3H3. The van der Waals surface area contributed by atoms with Crippen molar-refractivity contribution < 1.29 is 17.9 Å². The molecule has 0 aliphatic carbocycles. The summed E-state index contributed by atoms with van der Waals surface area (Å²) in [5, 5.41) is 0. The van der Waals surface area contributed by atoms with Gasteiger partial charge in [0.25, 0.3) is 0 Å². The van der Waals surface area contributed by atoms with E-state index in [1.54, 1.807) is 49.1 Å². The van der Waals surface area contributed by atoms with Gasteiger partial charge in [-0.15, -0.1) is 0 Å². The number of likely N-dealkylation sites (tertiary alicyclic amines) is 1. The molecule has 0 bridgehead atoms. The lowest BCUT2D eigenvalue weighted by atomic mass is 10.1. The minimum atomic E-state index is -3.50. The Morgan fingerprint density at radius 3 is 2.65 bits per heavy atom. The van der Waals surface area contributed by atoms with Gasteiger partial charge in [-0.05, 0) is 57.4 Å². The maximum absolute atomic E-state index is 12.3. The first-order valence-electron chi connectivity index (χ1n) is 9.03. The second kappa shape index (κ2) is 9.30. The van der Waals surface area contributed by atoms with Gasteiger partial charge in [0, 0.05) is 31.8 Å². The molecule has 1 aliphatic rings. The normalized spacial score (nSPS) is 18.6. The fourth-order valence-electron chi connectivity index (χ4n) is 2.92. The molecule has 2 rings (SSSR count). The van der Waals surface area contributed by atoms with Crippen molar-refractivity contribution >= 4 is 22.0 Å². The Hall–Kier alpha value is -1.70. The van der Waals surface area contributed by atoms with E-state index < -0.39 is 10.0 Å². The molecule has 1 aromatic rings. The predicted molar refractivity (Wildman–Crippen MR) is 102 cm³/mol. The van der Waals surface area contributed by atoms with Gasteiger partial charge in [-0.3, -0.25) is 4.79 Å². The van der Waals surface area contributed by atoms with Crippen molar-refractivity contribution in [2.75, 3.05) is 19.7 Å². The average molecular weight is 381 g/mol. The van der Waals surface area contributed by atoms with Gasteiger partial charge in [0.05, 0.1) is 11.0 Å². The number of nitrogens with zero attached hydrogens (tertiary/aromatic N) is 1. The average Bonchev–Trinajstić information content (AvgIpc) is 2.59. The highest BCUT2D eigenvalue weighted by molar-refractivity contribution is 7.89. The third kappa shape index (κ3) is 5.93. The molecule has 1 heterocycles. The van der Waals surface area contributed by atoms with Crippen LogP contribution in [0.1, 0.15) is 39.2 Å². The van der Waals surface area contributed by atoms with Crippen LogP contribution in [0.25, 0.3) is 6.08 Å². The quantitative estimate of drug-likeness (QED) is 0.737. The molecule has 0 spiro atoms. The van der Waals surface area contributed by atoms with E-state index >= 15 is 0 Å². The Morgan fingerprint density at radius 2 is 2.04 bits per heavy atom. The summed E-state index contributed by atoms with van der Waals surface area (Å²) in [5.41, 5.74) is 0.778. The number of piperidine rings is 1. The maximum Gasteiger partial charge on any atom is 0.246 e. The van der Waals surface area contributed by atoms with Gasteiger partial charge < -0.3 is 9.64 Å². The fourth-order valence-corrected chi connectivity index (χ4v) is 4.17. The van der Waals surface area contributed by atoms with E-state index in [0.29, 0.717) is 13.2 Å². The van der Waals surface area contributed by atoms with Crippen molar-refractivity contribution in [1.82, 2.24) is 9.62 Å². The summed E-state index contributed by atoms with van der Waals surface area (Å²) in [7, 11) is -3.50. The first kappa shape index (κ1) is 20.6. The number of amides is 1. The van der Waals surface area contributed by atoms with Crippen LogP contribution >= 0.6 is 0 Å². The van der Waals surface area contributed by atoms with Crippen molar-refractivity contribution in [3.8, 4) is 0 Å². The summed E-state index contributed by atoms with van der Waals surface area (Å²) in [5.74, 6) is -0.0485.